The van der Waals surface area contributed by atoms with Crippen LogP contribution in [0.4, 0.5) is 14.5 Å². The first-order chi connectivity index (χ1) is 20.9. The van der Waals surface area contributed by atoms with Crippen LogP contribution in [0.1, 0.15) is 50.8 Å². The molecule has 1 unspecified atom stereocenters. The normalized spacial score (nSPS) is 14.9. The van der Waals surface area contributed by atoms with Crippen molar-refractivity contribution in [1.82, 2.24) is 4.90 Å². The number of nitro benzene ring substituents is 1. The molecule has 12 nitrogen and oxygen atoms in total. The Morgan fingerprint density at radius 1 is 1.05 bits per heavy atom. The van der Waals surface area contributed by atoms with Crippen molar-refractivity contribution >= 4 is 46.7 Å². The van der Waals surface area contributed by atoms with Crippen molar-refractivity contribution in [2.75, 3.05) is 13.2 Å². The fourth-order valence-corrected chi connectivity index (χ4v) is 5.12. The van der Waals surface area contributed by atoms with Crippen molar-refractivity contribution in [3.05, 3.63) is 96.4 Å². The van der Waals surface area contributed by atoms with Crippen molar-refractivity contribution in [3.63, 3.8) is 0 Å². The van der Waals surface area contributed by atoms with Crippen LogP contribution < -0.4 is 14.2 Å². The number of esters is 1. The fraction of sp³-hybridized carbons (Fsp3) is 0.286. The number of hydrogen-bond acceptors (Lipinski definition) is 9. The van der Waals surface area contributed by atoms with Gasteiger partial charge in [-0.2, -0.15) is 13.5 Å². The van der Waals surface area contributed by atoms with Crippen LogP contribution in [0.3, 0.4) is 0 Å². The highest BCUT2D eigenvalue weighted by Crippen LogP contribution is 2.38. The van der Waals surface area contributed by atoms with Gasteiger partial charge in [0.05, 0.1) is 22.7 Å². The molecule has 1 fully saturated rings. The Balaban J connectivity index is 1.43. The summed E-state index contributed by atoms with van der Waals surface area (Å²) in [7, 11) is 0. The topological polar surface area (TPSA) is 152 Å². The second-order valence-electron chi connectivity index (χ2n) is 10.00. The Hall–Kier alpha value is -4.56. The quantitative estimate of drug-likeness (QED) is 0.0654. The van der Waals surface area contributed by atoms with Gasteiger partial charge in [-0.15, -0.1) is 0 Å². The zero-order chi connectivity index (χ0) is 31.7. The highest BCUT2D eigenvalue weighted by Gasteiger charge is 2.39. The van der Waals surface area contributed by atoms with Gasteiger partial charge in [-0.25, -0.2) is 0 Å². The Morgan fingerprint density at radius 2 is 1.73 bits per heavy atom. The van der Waals surface area contributed by atoms with Crippen LogP contribution in [0.2, 0.25) is 10.0 Å². The van der Waals surface area contributed by atoms with E-state index in [1.54, 1.807) is 0 Å². The number of rotatable bonds is 12. The van der Waals surface area contributed by atoms with E-state index in [-0.39, 0.29) is 62.7 Å². The lowest BCUT2D eigenvalue weighted by atomic mass is 10.0. The highest BCUT2D eigenvalue weighted by molar-refractivity contribution is 6.35. The number of nitro groups is 1. The SMILES string of the molecule is O=C(CN1C(=O)c2ccc([N+](=O)[O-])cc2C1=O)OC(Cc1c(Cl)c[n+]([O-])cc1Cl)c1ccc(OC(F)F)c(OCC2CC2)c1. The number of benzene rings is 2. The summed E-state index contributed by atoms with van der Waals surface area (Å²) < 4.78 is 42.5. The molecule has 1 aliphatic heterocycles. The van der Waals surface area contributed by atoms with E-state index < -0.39 is 47.7 Å². The highest BCUT2D eigenvalue weighted by atomic mass is 35.5. The summed E-state index contributed by atoms with van der Waals surface area (Å²) in [4.78, 5) is 49.9. The third kappa shape index (κ3) is 6.81. The molecular formula is C28H21Cl2F2N3O9. The molecule has 0 radical (unpaired) electrons. The zero-order valence-corrected chi connectivity index (χ0v) is 23.9. The van der Waals surface area contributed by atoms with Crippen LogP contribution in [0.5, 0.6) is 11.5 Å². The molecule has 2 amide bonds. The first-order valence-corrected chi connectivity index (χ1v) is 13.8. The second kappa shape index (κ2) is 12.6. The van der Waals surface area contributed by atoms with Crippen molar-refractivity contribution in [1.29, 1.82) is 0 Å². The molecule has 1 saturated carbocycles. The number of hydrogen-bond donors (Lipinski definition) is 0. The zero-order valence-electron chi connectivity index (χ0n) is 22.4. The smallest absolute Gasteiger partial charge is 0.387 e. The average molecular weight is 652 g/mol. The average Bonchev–Trinajstić information content (AvgIpc) is 3.76. The monoisotopic (exact) mass is 651 g/mol. The van der Waals surface area contributed by atoms with Gasteiger partial charge in [0.2, 0.25) is 0 Å². The van der Waals surface area contributed by atoms with Gasteiger partial charge in [-0.05, 0) is 42.5 Å². The third-order valence-corrected chi connectivity index (χ3v) is 7.55. The molecule has 0 bridgehead atoms. The van der Waals surface area contributed by atoms with Gasteiger partial charge in [0.15, 0.2) is 23.9 Å². The molecule has 2 heterocycles. The summed E-state index contributed by atoms with van der Waals surface area (Å²) >= 11 is 12.5. The van der Waals surface area contributed by atoms with E-state index in [1.165, 1.54) is 18.2 Å². The Morgan fingerprint density at radius 3 is 2.36 bits per heavy atom. The minimum absolute atomic E-state index is 0.0413. The second-order valence-corrected chi connectivity index (χ2v) is 10.8. The number of amides is 2. The van der Waals surface area contributed by atoms with Gasteiger partial charge in [0.1, 0.15) is 22.7 Å². The molecule has 2 aliphatic rings. The van der Waals surface area contributed by atoms with E-state index >= 15 is 0 Å². The molecule has 0 saturated heterocycles. The largest absolute Gasteiger partial charge is 0.619 e. The number of fused-ring (bicyclic) bond motifs is 1. The summed E-state index contributed by atoms with van der Waals surface area (Å²) in [5, 5.41) is 22.8. The van der Waals surface area contributed by atoms with Gasteiger partial charge in [-0.3, -0.25) is 29.4 Å². The molecule has 2 aromatic carbocycles. The molecule has 44 heavy (non-hydrogen) atoms. The summed E-state index contributed by atoms with van der Waals surface area (Å²) in [6, 6.07) is 7.02. The number of imide groups is 1. The van der Waals surface area contributed by atoms with Crippen LogP contribution in [0, 0.1) is 21.2 Å². The van der Waals surface area contributed by atoms with Gasteiger partial charge in [-0.1, -0.05) is 29.3 Å². The number of ether oxygens (including phenoxy) is 3. The molecule has 230 valence electrons. The van der Waals surface area contributed by atoms with E-state index in [0.717, 1.165) is 43.4 Å². The van der Waals surface area contributed by atoms with Gasteiger partial charge >= 0.3 is 12.6 Å². The minimum Gasteiger partial charge on any atom is -0.619 e. The number of non-ortho nitro benzene ring substituents is 1. The summed E-state index contributed by atoms with van der Waals surface area (Å²) in [6.07, 6.45) is 2.45. The number of alkyl halides is 2. The maximum absolute atomic E-state index is 13.2. The lowest BCUT2D eigenvalue weighted by Gasteiger charge is -2.22. The Labute approximate surface area is 257 Å². The maximum Gasteiger partial charge on any atom is 0.387 e. The van der Waals surface area contributed by atoms with Gasteiger partial charge < -0.3 is 19.4 Å². The third-order valence-electron chi connectivity index (χ3n) is 6.90. The van der Waals surface area contributed by atoms with Crippen LogP contribution in [-0.4, -0.2) is 47.4 Å². The summed E-state index contributed by atoms with van der Waals surface area (Å²) in [6.45, 7) is -3.75. The van der Waals surface area contributed by atoms with E-state index in [4.69, 9.17) is 32.7 Å². The molecule has 1 aliphatic carbocycles. The number of nitrogens with zero attached hydrogens (tertiary/aromatic N) is 3. The lowest BCUT2D eigenvalue weighted by molar-refractivity contribution is -0.605. The number of aromatic nitrogens is 1. The fourth-order valence-electron chi connectivity index (χ4n) is 4.52. The molecule has 1 aromatic heterocycles. The number of pyridine rings is 1. The van der Waals surface area contributed by atoms with Crippen LogP contribution in [-0.2, 0) is 16.0 Å². The van der Waals surface area contributed by atoms with Crippen LogP contribution in [0.15, 0.2) is 48.8 Å². The van der Waals surface area contributed by atoms with Gasteiger partial charge in [0, 0.05) is 24.1 Å². The van der Waals surface area contributed by atoms with E-state index in [9.17, 15) is 38.5 Å². The molecular weight excluding hydrogens is 631 g/mol. The van der Waals surface area contributed by atoms with Crippen molar-refractivity contribution in [2.45, 2.75) is 32.0 Å². The van der Waals surface area contributed by atoms with Crippen molar-refractivity contribution < 1.29 is 47.0 Å². The molecule has 1 atom stereocenters. The summed E-state index contributed by atoms with van der Waals surface area (Å²) in [5.74, 6) is -2.88. The molecule has 5 rings (SSSR count). The van der Waals surface area contributed by atoms with E-state index in [0.29, 0.717) is 9.63 Å². The molecule has 16 heteroatoms. The van der Waals surface area contributed by atoms with Crippen LogP contribution in [0.25, 0.3) is 0 Å². The molecule has 0 spiro atoms. The van der Waals surface area contributed by atoms with E-state index in [1.807, 2.05) is 0 Å². The van der Waals surface area contributed by atoms with Crippen molar-refractivity contribution in [3.8, 4) is 11.5 Å². The molecule has 3 aromatic rings. The first-order valence-electron chi connectivity index (χ1n) is 13.0. The van der Waals surface area contributed by atoms with Crippen LogP contribution >= 0.6 is 23.2 Å². The van der Waals surface area contributed by atoms with E-state index in [2.05, 4.69) is 4.74 Å². The number of halogens is 4. The van der Waals surface area contributed by atoms with Gasteiger partial charge in [0.25, 0.3) is 17.5 Å². The Bertz CT molecular complexity index is 1650. The van der Waals surface area contributed by atoms with Crippen molar-refractivity contribution in [2.24, 2.45) is 5.92 Å². The Kier molecular flexibility index (Phi) is 8.83. The predicted molar refractivity (Wildman–Crippen MR) is 148 cm³/mol. The minimum atomic E-state index is -3.14. The maximum atomic E-state index is 13.2. The first kappa shape index (κ1) is 30.9. The lowest BCUT2D eigenvalue weighted by Crippen LogP contribution is -2.36. The number of carbonyl (C=O) groups excluding carboxylic acids is 3. The summed E-state index contributed by atoms with van der Waals surface area (Å²) in [5.41, 5.74) is -0.334. The number of carbonyl (C=O) groups is 3. The molecule has 0 N–H and O–H groups in total. The standard InChI is InChI=1S/C28H21Cl2F2N3O9/c29-20-10-33(39)11-21(30)19(20)9-23(15-3-6-22(44-28(31)32)24(7-15)42-13-14-1-2-14)43-25(36)12-34-26(37)17-5-4-16(35(40)41)8-18(17)27(34)38/h3-8,10-11,14,23,28H,1-2,9,12-13H2. The predicted octanol–water partition coefficient (Wildman–Crippen LogP) is 5.05.